The van der Waals surface area contributed by atoms with Gasteiger partial charge in [-0.1, -0.05) is 24.3 Å². The Morgan fingerprint density at radius 1 is 1.14 bits per heavy atom. The Morgan fingerprint density at radius 2 is 1.97 bits per heavy atom. The second-order valence-corrected chi connectivity index (χ2v) is 8.62. The lowest BCUT2D eigenvalue weighted by molar-refractivity contribution is 0.0984. The average Bonchev–Trinajstić information content (AvgIpc) is 3.16. The number of rotatable bonds is 6. The van der Waals surface area contributed by atoms with Crippen LogP contribution in [0, 0.1) is 5.82 Å². The standard InChI is InChI=1S/C22H18FN3OS2/c1-2-28-18-9-6-15(7-10-18)21(27)26(14-17-5-3-4-12-24-17)22-25-19-11-8-16(23)13-20(19)29-22/h3-13H,2,14H2,1H3. The number of nitrogens with zero attached hydrogens (tertiary/aromatic N) is 3. The second kappa shape index (κ2) is 8.71. The number of carbonyl (C=O) groups excluding carboxylic acids is 1. The third-order valence-electron chi connectivity index (χ3n) is 4.27. The van der Waals surface area contributed by atoms with Crippen molar-refractivity contribution in [1.82, 2.24) is 9.97 Å². The quantitative estimate of drug-likeness (QED) is 0.368. The van der Waals surface area contributed by atoms with E-state index in [0.29, 0.717) is 20.9 Å². The van der Waals surface area contributed by atoms with Crippen LogP contribution in [0.1, 0.15) is 23.0 Å². The van der Waals surface area contributed by atoms with Gasteiger partial charge in [0.05, 0.1) is 22.5 Å². The Kier molecular flexibility index (Phi) is 5.87. The van der Waals surface area contributed by atoms with E-state index in [2.05, 4.69) is 16.9 Å². The maximum absolute atomic E-state index is 13.6. The van der Waals surface area contributed by atoms with Crippen LogP contribution in [-0.4, -0.2) is 21.6 Å². The summed E-state index contributed by atoms with van der Waals surface area (Å²) >= 11 is 3.02. The summed E-state index contributed by atoms with van der Waals surface area (Å²) in [7, 11) is 0. The summed E-state index contributed by atoms with van der Waals surface area (Å²) in [6, 6.07) is 17.6. The SMILES string of the molecule is CCSc1ccc(C(=O)N(Cc2ccccn2)c2nc3ccc(F)cc3s2)cc1. The molecular weight excluding hydrogens is 405 g/mol. The van der Waals surface area contributed by atoms with Gasteiger partial charge in [0, 0.05) is 16.7 Å². The van der Waals surface area contributed by atoms with Crippen LogP contribution >= 0.6 is 23.1 Å². The second-order valence-electron chi connectivity index (χ2n) is 6.28. The fourth-order valence-corrected chi connectivity index (χ4v) is 4.55. The average molecular weight is 424 g/mol. The predicted octanol–water partition coefficient (Wildman–Crippen LogP) is 5.79. The van der Waals surface area contributed by atoms with Crippen LogP contribution in [0.5, 0.6) is 0 Å². The first-order valence-electron chi connectivity index (χ1n) is 9.15. The van der Waals surface area contributed by atoms with E-state index in [0.717, 1.165) is 16.3 Å². The van der Waals surface area contributed by atoms with Gasteiger partial charge in [0.1, 0.15) is 5.82 Å². The molecule has 0 saturated heterocycles. The molecule has 0 atom stereocenters. The number of hydrogen-bond acceptors (Lipinski definition) is 5. The molecule has 0 N–H and O–H groups in total. The Bertz CT molecular complexity index is 1130. The molecule has 7 heteroatoms. The smallest absolute Gasteiger partial charge is 0.260 e. The number of amides is 1. The molecule has 0 aliphatic rings. The van der Waals surface area contributed by atoms with Gasteiger partial charge in [-0.15, -0.1) is 11.8 Å². The molecule has 1 amide bonds. The molecular formula is C22H18FN3OS2. The van der Waals surface area contributed by atoms with E-state index in [-0.39, 0.29) is 18.3 Å². The number of carbonyl (C=O) groups is 1. The topological polar surface area (TPSA) is 46.1 Å². The van der Waals surface area contributed by atoms with Gasteiger partial charge in [-0.05, 0) is 60.4 Å². The lowest BCUT2D eigenvalue weighted by Crippen LogP contribution is -2.30. The van der Waals surface area contributed by atoms with Gasteiger partial charge in [0.15, 0.2) is 5.13 Å². The van der Waals surface area contributed by atoms with Gasteiger partial charge in [-0.25, -0.2) is 9.37 Å². The fourth-order valence-electron chi connectivity index (χ4n) is 2.90. The Labute approximate surface area is 176 Å². The van der Waals surface area contributed by atoms with Crippen molar-refractivity contribution in [3.63, 3.8) is 0 Å². The molecule has 4 nitrogen and oxygen atoms in total. The van der Waals surface area contributed by atoms with E-state index in [1.54, 1.807) is 28.9 Å². The highest BCUT2D eigenvalue weighted by molar-refractivity contribution is 7.99. The van der Waals surface area contributed by atoms with Crippen LogP contribution in [0.2, 0.25) is 0 Å². The highest BCUT2D eigenvalue weighted by atomic mass is 32.2. The van der Waals surface area contributed by atoms with Crippen molar-refractivity contribution in [3.05, 3.63) is 83.9 Å². The molecule has 0 fully saturated rings. The van der Waals surface area contributed by atoms with Crippen molar-refractivity contribution >= 4 is 44.4 Å². The van der Waals surface area contributed by atoms with Crippen molar-refractivity contribution in [1.29, 1.82) is 0 Å². The molecule has 0 saturated carbocycles. The third-order valence-corrected chi connectivity index (χ3v) is 6.21. The van der Waals surface area contributed by atoms with Crippen LogP contribution in [0.4, 0.5) is 9.52 Å². The summed E-state index contributed by atoms with van der Waals surface area (Å²) in [6.07, 6.45) is 1.70. The number of thiazole rings is 1. The number of pyridine rings is 1. The molecule has 146 valence electrons. The van der Waals surface area contributed by atoms with Crippen molar-refractivity contribution in [2.45, 2.75) is 18.4 Å². The maximum Gasteiger partial charge on any atom is 0.260 e. The zero-order chi connectivity index (χ0) is 20.2. The van der Waals surface area contributed by atoms with Crippen LogP contribution in [-0.2, 0) is 6.54 Å². The number of benzene rings is 2. The van der Waals surface area contributed by atoms with Crippen LogP contribution in [0.25, 0.3) is 10.2 Å². The van der Waals surface area contributed by atoms with Crippen molar-refractivity contribution < 1.29 is 9.18 Å². The molecule has 29 heavy (non-hydrogen) atoms. The molecule has 2 aromatic heterocycles. The first-order valence-corrected chi connectivity index (χ1v) is 10.9. The van der Waals surface area contributed by atoms with E-state index in [9.17, 15) is 9.18 Å². The highest BCUT2D eigenvalue weighted by Crippen LogP contribution is 2.31. The summed E-state index contributed by atoms with van der Waals surface area (Å²) in [6.45, 7) is 2.38. The first kappa shape index (κ1) is 19.5. The van der Waals surface area contributed by atoms with E-state index < -0.39 is 0 Å². The molecule has 0 radical (unpaired) electrons. The normalized spacial score (nSPS) is 11.0. The van der Waals surface area contributed by atoms with Crippen LogP contribution in [0.15, 0.2) is 71.8 Å². The number of fused-ring (bicyclic) bond motifs is 1. The van der Waals surface area contributed by atoms with Crippen molar-refractivity contribution in [3.8, 4) is 0 Å². The van der Waals surface area contributed by atoms with Gasteiger partial charge in [-0.2, -0.15) is 0 Å². The van der Waals surface area contributed by atoms with E-state index >= 15 is 0 Å². The summed E-state index contributed by atoms with van der Waals surface area (Å²) in [4.78, 5) is 25.0. The molecule has 4 aromatic rings. The zero-order valence-corrected chi connectivity index (χ0v) is 17.3. The minimum atomic E-state index is -0.320. The maximum atomic E-state index is 13.6. The van der Waals surface area contributed by atoms with E-state index in [1.165, 1.54) is 23.5 Å². The lowest BCUT2D eigenvalue weighted by Gasteiger charge is -2.19. The first-order chi connectivity index (χ1) is 14.1. The molecule has 0 unspecified atom stereocenters. The predicted molar refractivity (Wildman–Crippen MR) is 117 cm³/mol. The zero-order valence-electron chi connectivity index (χ0n) is 15.7. The van der Waals surface area contributed by atoms with Gasteiger partial charge in [0.2, 0.25) is 0 Å². The molecule has 0 bridgehead atoms. The van der Waals surface area contributed by atoms with Crippen molar-refractivity contribution in [2.24, 2.45) is 0 Å². The molecule has 2 heterocycles. The Morgan fingerprint density at radius 3 is 2.69 bits per heavy atom. The van der Waals surface area contributed by atoms with Gasteiger partial charge in [0.25, 0.3) is 5.91 Å². The number of hydrogen-bond donors (Lipinski definition) is 0. The summed E-state index contributed by atoms with van der Waals surface area (Å²) in [5, 5.41) is 0.522. The highest BCUT2D eigenvalue weighted by Gasteiger charge is 2.22. The number of thioether (sulfide) groups is 1. The van der Waals surface area contributed by atoms with E-state index in [4.69, 9.17) is 0 Å². The number of anilines is 1. The molecule has 4 rings (SSSR count). The van der Waals surface area contributed by atoms with Gasteiger partial charge < -0.3 is 0 Å². The lowest BCUT2D eigenvalue weighted by atomic mass is 10.2. The summed E-state index contributed by atoms with van der Waals surface area (Å²) in [5.41, 5.74) is 2.00. The van der Waals surface area contributed by atoms with Crippen molar-refractivity contribution in [2.75, 3.05) is 10.7 Å². The number of aromatic nitrogens is 2. The monoisotopic (exact) mass is 423 g/mol. The molecule has 0 spiro atoms. The Balaban J connectivity index is 1.71. The molecule has 0 aliphatic carbocycles. The minimum Gasteiger partial charge on any atom is -0.278 e. The number of halogens is 1. The molecule has 2 aromatic carbocycles. The van der Waals surface area contributed by atoms with E-state index in [1.807, 2.05) is 42.5 Å². The summed E-state index contributed by atoms with van der Waals surface area (Å²) < 4.78 is 14.3. The minimum absolute atomic E-state index is 0.164. The summed E-state index contributed by atoms with van der Waals surface area (Å²) in [5.74, 6) is 0.490. The van der Waals surface area contributed by atoms with Gasteiger partial charge >= 0.3 is 0 Å². The van der Waals surface area contributed by atoms with Gasteiger partial charge in [-0.3, -0.25) is 14.7 Å². The Hall–Kier alpha value is -2.77. The largest absolute Gasteiger partial charge is 0.278 e. The van der Waals surface area contributed by atoms with Crippen LogP contribution < -0.4 is 4.90 Å². The van der Waals surface area contributed by atoms with Crippen LogP contribution in [0.3, 0.4) is 0 Å². The third kappa shape index (κ3) is 4.46. The fraction of sp³-hybridized carbons (Fsp3) is 0.136. The molecule has 0 aliphatic heterocycles.